The van der Waals surface area contributed by atoms with E-state index >= 15 is 0 Å². The van der Waals surface area contributed by atoms with Gasteiger partial charge in [0.25, 0.3) is 0 Å². The average molecular weight is 531 g/mol. The Balaban J connectivity index is 0.00000450. The number of guanidine groups is 1. The first-order valence-electron chi connectivity index (χ1n) is 10.3. The fourth-order valence-corrected chi connectivity index (χ4v) is 2.63. The number of halogens is 1. The van der Waals surface area contributed by atoms with Crippen molar-refractivity contribution >= 4 is 29.9 Å². The molecule has 0 bridgehead atoms. The number of rotatable bonds is 11. The Kier molecular flexibility index (Phi) is 12.4. The van der Waals surface area contributed by atoms with Gasteiger partial charge >= 0.3 is 0 Å². The van der Waals surface area contributed by atoms with Gasteiger partial charge in [0.1, 0.15) is 11.9 Å². The molecule has 1 atom stereocenters. The van der Waals surface area contributed by atoms with Crippen molar-refractivity contribution in [3.63, 3.8) is 0 Å². The smallest absolute Gasteiger partial charge is 0.246 e. The lowest BCUT2D eigenvalue weighted by molar-refractivity contribution is 0.0683. The maximum absolute atomic E-state index is 5.88. The molecule has 0 radical (unpaired) electrons. The maximum atomic E-state index is 5.88. The zero-order valence-corrected chi connectivity index (χ0v) is 20.9. The van der Waals surface area contributed by atoms with E-state index in [1.807, 2.05) is 20.8 Å². The van der Waals surface area contributed by atoms with Gasteiger partial charge in [0.05, 0.1) is 19.7 Å². The summed E-state index contributed by atoms with van der Waals surface area (Å²) in [7, 11) is 0. The van der Waals surface area contributed by atoms with Crippen LogP contribution in [0.2, 0.25) is 0 Å². The number of nitrogens with zero attached hydrogens (tertiary/aromatic N) is 3. The summed E-state index contributed by atoms with van der Waals surface area (Å²) in [6.07, 6.45) is 0.775. The largest absolute Gasteiger partial charge is 0.493 e. The number of ether oxygens (including phenoxy) is 2. The van der Waals surface area contributed by atoms with Crippen LogP contribution in [0, 0.1) is 6.92 Å². The van der Waals surface area contributed by atoms with Gasteiger partial charge in [0.15, 0.2) is 11.8 Å². The molecule has 0 amide bonds. The molecule has 9 heteroatoms. The van der Waals surface area contributed by atoms with E-state index < -0.39 is 0 Å². The summed E-state index contributed by atoms with van der Waals surface area (Å²) in [5, 5.41) is 10.4. The highest BCUT2D eigenvalue weighted by atomic mass is 127. The quantitative estimate of drug-likeness (QED) is 0.256. The number of hydrogen-bond donors (Lipinski definition) is 2. The van der Waals surface area contributed by atoms with Gasteiger partial charge in [-0.05, 0) is 45.7 Å². The summed E-state index contributed by atoms with van der Waals surface area (Å²) in [5.41, 5.74) is 2.22. The van der Waals surface area contributed by atoms with Gasteiger partial charge in [-0.25, -0.2) is 4.99 Å². The minimum Gasteiger partial charge on any atom is -0.493 e. The van der Waals surface area contributed by atoms with Crippen LogP contribution < -0.4 is 15.4 Å². The molecule has 30 heavy (non-hydrogen) atoms. The molecule has 1 aromatic heterocycles. The highest BCUT2D eigenvalue weighted by molar-refractivity contribution is 14.0. The standard InChI is InChI=1S/C21H33N5O3.HI/c1-6-11-28-18-12-15(4)9-10-17(18)13-23-21(22-7-2)24-14-19-25-20(26-29-19)16(5)27-8-3;/h9-10,12,16H,6-8,11,13-14H2,1-5H3,(H2,22,23,24);1H. The topological polar surface area (TPSA) is 93.8 Å². The van der Waals surface area contributed by atoms with Gasteiger partial charge in [-0.3, -0.25) is 0 Å². The zero-order valence-electron chi connectivity index (χ0n) is 18.5. The Hall–Kier alpha value is -1.88. The Morgan fingerprint density at radius 1 is 1.23 bits per heavy atom. The number of nitrogens with one attached hydrogen (secondary N) is 2. The van der Waals surface area contributed by atoms with Crippen molar-refractivity contribution in [2.75, 3.05) is 19.8 Å². The van der Waals surface area contributed by atoms with E-state index in [0.717, 1.165) is 24.3 Å². The SMILES string of the molecule is CCCOc1cc(C)ccc1CN=C(NCC)NCc1nc(C(C)OCC)no1.I. The van der Waals surface area contributed by atoms with Crippen LogP contribution in [-0.2, 0) is 17.8 Å². The molecule has 8 nitrogen and oxygen atoms in total. The second-order valence-electron chi connectivity index (χ2n) is 6.65. The highest BCUT2D eigenvalue weighted by Gasteiger charge is 2.14. The molecule has 0 aliphatic rings. The molecule has 0 saturated heterocycles. The minimum atomic E-state index is -0.192. The number of benzene rings is 1. The predicted molar refractivity (Wildman–Crippen MR) is 128 cm³/mol. The van der Waals surface area contributed by atoms with E-state index in [4.69, 9.17) is 14.0 Å². The van der Waals surface area contributed by atoms with E-state index in [-0.39, 0.29) is 30.1 Å². The van der Waals surface area contributed by atoms with Gasteiger partial charge in [0, 0.05) is 18.7 Å². The third-order valence-corrected chi connectivity index (χ3v) is 4.11. The third kappa shape index (κ3) is 8.47. The molecule has 1 aromatic carbocycles. The second-order valence-corrected chi connectivity index (χ2v) is 6.65. The first-order valence-corrected chi connectivity index (χ1v) is 10.3. The Bertz CT molecular complexity index is 782. The summed E-state index contributed by atoms with van der Waals surface area (Å²) in [6.45, 7) is 12.9. The fourth-order valence-electron chi connectivity index (χ4n) is 2.63. The van der Waals surface area contributed by atoms with Crippen molar-refractivity contribution in [2.45, 2.75) is 60.2 Å². The lowest BCUT2D eigenvalue weighted by atomic mass is 10.1. The van der Waals surface area contributed by atoms with Gasteiger partial charge in [-0.2, -0.15) is 4.98 Å². The van der Waals surface area contributed by atoms with Gasteiger partial charge < -0.3 is 24.6 Å². The van der Waals surface area contributed by atoms with Gasteiger partial charge in [0.2, 0.25) is 5.89 Å². The van der Waals surface area contributed by atoms with Crippen molar-refractivity contribution in [1.82, 2.24) is 20.8 Å². The van der Waals surface area contributed by atoms with Gasteiger partial charge in [-0.15, -0.1) is 24.0 Å². The Morgan fingerprint density at radius 2 is 2.03 bits per heavy atom. The number of hydrogen-bond acceptors (Lipinski definition) is 6. The van der Waals surface area contributed by atoms with Crippen LogP contribution in [0.5, 0.6) is 5.75 Å². The molecule has 1 heterocycles. The van der Waals surface area contributed by atoms with Crippen molar-refractivity contribution in [3.8, 4) is 5.75 Å². The molecule has 2 aromatic rings. The molecule has 1 unspecified atom stereocenters. The number of aliphatic imine (C=N–C) groups is 1. The molecular weight excluding hydrogens is 497 g/mol. The van der Waals surface area contributed by atoms with Crippen LogP contribution in [-0.4, -0.2) is 35.9 Å². The van der Waals surface area contributed by atoms with Crippen molar-refractivity contribution in [2.24, 2.45) is 4.99 Å². The van der Waals surface area contributed by atoms with Crippen molar-refractivity contribution < 1.29 is 14.0 Å². The Morgan fingerprint density at radius 3 is 2.73 bits per heavy atom. The molecule has 2 rings (SSSR count). The monoisotopic (exact) mass is 531 g/mol. The van der Waals surface area contributed by atoms with Gasteiger partial charge in [-0.1, -0.05) is 24.2 Å². The molecule has 0 spiro atoms. The lowest BCUT2D eigenvalue weighted by Gasteiger charge is -2.12. The van der Waals surface area contributed by atoms with E-state index in [9.17, 15) is 0 Å². The fraction of sp³-hybridized carbons (Fsp3) is 0.571. The van der Waals surface area contributed by atoms with Crippen LogP contribution in [0.15, 0.2) is 27.7 Å². The number of aryl methyl sites for hydroxylation is 1. The minimum absolute atomic E-state index is 0. The predicted octanol–water partition coefficient (Wildman–Crippen LogP) is 4.14. The van der Waals surface area contributed by atoms with E-state index in [1.54, 1.807) is 0 Å². The molecule has 0 aliphatic heterocycles. The summed E-state index contributed by atoms with van der Waals surface area (Å²) >= 11 is 0. The summed E-state index contributed by atoms with van der Waals surface area (Å²) < 4.78 is 16.7. The van der Waals surface area contributed by atoms with Crippen LogP contribution >= 0.6 is 24.0 Å². The van der Waals surface area contributed by atoms with Crippen LogP contribution in [0.3, 0.4) is 0 Å². The maximum Gasteiger partial charge on any atom is 0.246 e. The molecule has 0 aliphatic carbocycles. The Labute approximate surface area is 196 Å². The van der Waals surface area contributed by atoms with E-state index in [1.165, 1.54) is 5.56 Å². The van der Waals surface area contributed by atoms with Crippen LogP contribution in [0.4, 0.5) is 0 Å². The van der Waals surface area contributed by atoms with Crippen LogP contribution in [0.1, 0.15) is 63.1 Å². The summed E-state index contributed by atoms with van der Waals surface area (Å²) in [4.78, 5) is 9.04. The van der Waals surface area contributed by atoms with Crippen molar-refractivity contribution in [3.05, 3.63) is 41.0 Å². The van der Waals surface area contributed by atoms with E-state index in [0.29, 0.717) is 44.0 Å². The number of aromatic nitrogens is 2. The van der Waals surface area contributed by atoms with E-state index in [2.05, 4.69) is 57.8 Å². The second kappa shape index (κ2) is 14.2. The normalized spacial score (nSPS) is 12.2. The lowest BCUT2D eigenvalue weighted by Crippen LogP contribution is -2.36. The molecule has 0 fully saturated rings. The average Bonchev–Trinajstić information content (AvgIpc) is 3.19. The van der Waals surface area contributed by atoms with Crippen molar-refractivity contribution in [1.29, 1.82) is 0 Å². The first kappa shape index (κ1) is 26.2. The zero-order chi connectivity index (χ0) is 21.1. The molecule has 168 valence electrons. The highest BCUT2D eigenvalue weighted by Crippen LogP contribution is 2.21. The molecule has 2 N–H and O–H groups in total. The summed E-state index contributed by atoms with van der Waals surface area (Å²) in [5.74, 6) is 2.59. The van der Waals surface area contributed by atoms with Crippen LogP contribution in [0.25, 0.3) is 0 Å². The molecule has 0 saturated carbocycles. The third-order valence-electron chi connectivity index (χ3n) is 4.11. The molecular formula is C21H34IN5O3. The first-order chi connectivity index (χ1) is 14.1. The summed E-state index contributed by atoms with van der Waals surface area (Å²) in [6, 6.07) is 6.19.